The molecule has 33 heavy (non-hydrogen) atoms. The first-order valence-corrected chi connectivity index (χ1v) is 11.6. The predicted molar refractivity (Wildman–Crippen MR) is 131 cm³/mol. The summed E-state index contributed by atoms with van der Waals surface area (Å²) in [5, 5.41) is 2.29. The molecule has 1 heterocycles. The Kier molecular flexibility index (Phi) is 8.16. The van der Waals surface area contributed by atoms with Crippen LogP contribution in [-0.4, -0.2) is 42.2 Å². The second-order valence-electron chi connectivity index (χ2n) is 7.75. The zero-order valence-corrected chi connectivity index (χ0v) is 20.1. The van der Waals surface area contributed by atoms with Gasteiger partial charge in [0, 0.05) is 5.69 Å². The average Bonchev–Trinajstić information content (AvgIpc) is 3.04. The van der Waals surface area contributed by atoms with Crippen LogP contribution in [0.4, 0.5) is 10.5 Å². The molecule has 3 rings (SSSR count). The Morgan fingerprint density at radius 1 is 1.12 bits per heavy atom. The van der Waals surface area contributed by atoms with Crippen molar-refractivity contribution in [3.05, 3.63) is 58.0 Å². The predicted octanol–water partition coefficient (Wildman–Crippen LogP) is 5.17. The number of hydrogen-bond acceptors (Lipinski definition) is 6. The highest BCUT2D eigenvalue weighted by atomic mass is 32.2. The molecule has 8 heteroatoms. The zero-order valence-electron chi connectivity index (χ0n) is 19.3. The van der Waals surface area contributed by atoms with Crippen LogP contribution in [-0.2, 0) is 9.59 Å². The van der Waals surface area contributed by atoms with Crippen LogP contribution in [0, 0.1) is 13.8 Å². The molecule has 2 aromatic rings. The highest BCUT2D eigenvalue weighted by Crippen LogP contribution is 2.34. The molecule has 1 N–H and O–H groups in total. The van der Waals surface area contributed by atoms with Gasteiger partial charge in [-0.15, -0.1) is 0 Å². The molecule has 7 nitrogen and oxygen atoms in total. The van der Waals surface area contributed by atoms with Gasteiger partial charge in [-0.2, -0.15) is 0 Å². The fraction of sp³-hybridized carbons (Fsp3) is 0.320. The van der Waals surface area contributed by atoms with Crippen LogP contribution in [0.1, 0.15) is 36.5 Å². The fourth-order valence-corrected chi connectivity index (χ4v) is 4.13. The lowest BCUT2D eigenvalue weighted by molar-refractivity contribution is -0.127. The van der Waals surface area contributed by atoms with Crippen molar-refractivity contribution in [2.45, 2.75) is 33.6 Å². The van der Waals surface area contributed by atoms with Crippen molar-refractivity contribution in [2.24, 2.45) is 0 Å². The number of benzene rings is 2. The zero-order chi connectivity index (χ0) is 24.0. The Balaban J connectivity index is 1.69. The molecule has 0 spiro atoms. The Bertz CT molecular complexity index is 1100. The third kappa shape index (κ3) is 6.16. The largest absolute Gasteiger partial charge is 0.493 e. The molecular weight excluding hydrogens is 440 g/mol. The third-order valence-electron chi connectivity index (χ3n) is 5.07. The maximum atomic E-state index is 12.8. The minimum absolute atomic E-state index is 0.251. The van der Waals surface area contributed by atoms with Crippen LogP contribution in [0.25, 0.3) is 6.08 Å². The van der Waals surface area contributed by atoms with E-state index in [9.17, 15) is 14.4 Å². The number of ether oxygens (including phenoxy) is 2. The fourth-order valence-electron chi connectivity index (χ4n) is 3.29. The van der Waals surface area contributed by atoms with E-state index in [1.807, 2.05) is 26.0 Å². The van der Waals surface area contributed by atoms with Crippen LogP contribution in [0.2, 0.25) is 0 Å². The van der Waals surface area contributed by atoms with Crippen molar-refractivity contribution in [3.63, 3.8) is 0 Å². The molecule has 3 amide bonds. The first kappa shape index (κ1) is 24.4. The van der Waals surface area contributed by atoms with E-state index < -0.39 is 17.1 Å². The van der Waals surface area contributed by atoms with E-state index in [0.717, 1.165) is 40.6 Å². The second kappa shape index (κ2) is 11.0. The van der Waals surface area contributed by atoms with Gasteiger partial charge in [0.2, 0.25) is 5.91 Å². The van der Waals surface area contributed by atoms with Crippen molar-refractivity contribution < 1.29 is 23.9 Å². The van der Waals surface area contributed by atoms with E-state index in [4.69, 9.17) is 9.47 Å². The standard InChI is InChI=1S/C25H28N2O5S/c1-5-6-11-32-20-10-8-18(13-21(20)31-4)14-22-24(29)27(25(30)33-22)15-23(28)26-19-9-7-16(2)12-17(19)3/h7-10,12-14H,5-6,11,15H2,1-4H3,(H,26,28)/b22-14-. The summed E-state index contributed by atoms with van der Waals surface area (Å²) in [6.45, 7) is 6.19. The summed E-state index contributed by atoms with van der Waals surface area (Å²) in [6, 6.07) is 11.0. The molecule has 0 radical (unpaired) electrons. The molecule has 0 aromatic heterocycles. The number of nitrogens with zero attached hydrogens (tertiary/aromatic N) is 1. The van der Waals surface area contributed by atoms with E-state index in [1.165, 1.54) is 0 Å². The van der Waals surface area contributed by atoms with Crippen LogP contribution in [0.3, 0.4) is 0 Å². The first-order valence-electron chi connectivity index (χ1n) is 10.8. The minimum atomic E-state index is -0.497. The first-order chi connectivity index (χ1) is 15.8. The van der Waals surface area contributed by atoms with Crippen LogP contribution in [0.15, 0.2) is 41.3 Å². The molecule has 2 aromatic carbocycles. The molecule has 0 bridgehead atoms. The lowest BCUT2D eigenvalue weighted by atomic mass is 10.1. The quantitative estimate of drug-likeness (QED) is 0.404. The van der Waals surface area contributed by atoms with Gasteiger partial charge in [-0.25, -0.2) is 0 Å². The van der Waals surface area contributed by atoms with Crippen molar-refractivity contribution in [1.29, 1.82) is 0 Å². The van der Waals surface area contributed by atoms with Crippen LogP contribution in [0.5, 0.6) is 11.5 Å². The highest BCUT2D eigenvalue weighted by Gasteiger charge is 2.36. The number of unbranched alkanes of at least 4 members (excludes halogenated alkanes) is 1. The summed E-state index contributed by atoms with van der Waals surface area (Å²) in [7, 11) is 1.55. The van der Waals surface area contributed by atoms with Gasteiger partial charge in [-0.3, -0.25) is 19.3 Å². The van der Waals surface area contributed by atoms with Crippen molar-refractivity contribution in [1.82, 2.24) is 4.90 Å². The number of amides is 3. The molecule has 1 saturated heterocycles. The SMILES string of the molecule is CCCCOc1ccc(/C=C2\SC(=O)N(CC(=O)Nc3ccc(C)cc3C)C2=O)cc1OC. The maximum Gasteiger partial charge on any atom is 0.294 e. The molecule has 0 saturated carbocycles. The van der Waals surface area contributed by atoms with Crippen molar-refractivity contribution >= 4 is 40.6 Å². The van der Waals surface area contributed by atoms with Gasteiger partial charge < -0.3 is 14.8 Å². The number of anilines is 1. The maximum absolute atomic E-state index is 12.8. The number of hydrogen-bond donors (Lipinski definition) is 1. The number of methoxy groups -OCH3 is 1. The Hall–Kier alpha value is -3.26. The van der Waals surface area contributed by atoms with Gasteiger partial charge in [0.05, 0.1) is 18.6 Å². The number of rotatable bonds is 9. The summed E-state index contributed by atoms with van der Waals surface area (Å²) < 4.78 is 11.1. The van der Waals surface area contributed by atoms with Gasteiger partial charge in [0.15, 0.2) is 11.5 Å². The van der Waals surface area contributed by atoms with E-state index in [0.29, 0.717) is 29.4 Å². The van der Waals surface area contributed by atoms with Gasteiger partial charge in [-0.1, -0.05) is 37.1 Å². The summed E-state index contributed by atoms with van der Waals surface area (Å²) >= 11 is 0.811. The number of thioether (sulfide) groups is 1. The Morgan fingerprint density at radius 3 is 2.61 bits per heavy atom. The van der Waals surface area contributed by atoms with Gasteiger partial charge in [0.1, 0.15) is 6.54 Å². The number of aryl methyl sites for hydroxylation is 2. The average molecular weight is 469 g/mol. The molecule has 1 aliphatic heterocycles. The van der Waals surface area contributed by atoms with Gasteiger partial charge >= 0.3 is 0 Å². The number of carbonyl (C=O) groups is 3. The lowest BCUT2D eigenvalue weighted by Gasteiger charge is -2.14. The molecular formula is C25H28N2O5S. The van der Waals surface area contributed by atoms with E-state index in [2.05, 4.69) is 12.2 Å². The molecule has 0 aliphatic carbocycles. The molecule has 174 valence electrons. The second-order valence-corrected chi connectivity index (χ2v) is 8.74. The minimum Gasteiger partial charge on any atom is -0.493 e. The highest BCUT2D eigenvalue weighted by molar-refractivity contribution is 8.18. The number of imide groups is 1. The molecule has 0 atom stereocenters. The smallest absolute Gasteiger partial charge is 0.294 e. The summed E-state index contributed by atoms with van der Waals surface area (Å²) in [4.78, 5) is 38.9. The van der Waals surface area contributed by atoms with Crippen LogP contribution < -0.4 is 14.8 Å². The summed E-state index contributed by atoms with van der Waals surface area (Å²) in [6.07, 6.45) is 3.58. The van der Waals surface area contributed by atoms with Gasteiger partial charge in [0.25, 0.3) is 11.1 Å². The van der Waals surface area contributed by atoms with E-state index >= 15 is 0 Å². The number of carbonyl (C=O) groups excluding carboxylic acids is 3. The Labute approximate surface area is 198 Å². The third-order valence-corrected chi connectivity index (χ3v) is 5.98. The van der Waals surface area contributed by atoms with E-state index in [-0.39, 0.29) is 11.4 Å². The Morgan fingerprint density at radius 2 is 1.91 bits per heavy atom. The van der Waals surface area contributed by atoms with Crippen molar-refractivity contribution in [3.8, 4) is 11.5 Å². The normalized spacial score (nSPS) is 14.7. The summed E-state index contributed by atoms with van der Waals surface area (Å²) in [5.41, 5.74) is 3.34. The molecule has 1 fully saturated rings. The van der Waals surface area contributed by atoms with Crippen LogP contribution >= 0.6 is 11.8 Å². The lowest BCUT2D eigenvalue weighted by Crippen LogP contribution is -2.36. The molecule has 1 aliphatic rings. The van der Waals surface area contributed by atoms with E-state index in [1.54, 1.807) is 37.5 Å². The molecule has 0 unspecified atom stereocenters. The summed E-state index contributed by atoms with van der Waals surface area (Å²) in [5.74, 6) is 0.245. The topological polar surface area (TPSA) is 84.9 Å². The number of nitrogens with one attached hydrogen (secondary N) is 1. The monoisotopic (exact) mass is 468 g/mol. The van der Waals surface area contributed by atoms with Crippen molar-refractivity contribution in [2.75, 3.05) is 25.6 Å². The van der Waals surface area contributed by atoms with Gasteiger partial charge in [-0.05, 0) is 67.4 Å².